The van der Waals surface area contributed by atoms with Gasteiger partial charge in [-0.05, 0) is 77.5 Å². The van der Waals surface area contributed by atoms with Crippen LogP contribution in [-0.4, -0.2) is 50.1 Å². The van der Waals surface area contributed by atoms with Crippen LogP contribution in [0.5, 0.6) is 5.75 Å². The molecule has 0 unspecified atom stereocenters. The molecule has 1 amide bonds. The highest BCUT2D eigenvalue weighted by molar-refractivity contribution is 8.13. The van der Waals surface area contributed by atoms with Gasteiger partial charge in [0.1, 0.15) is 17.2 Å². The highest BCUT2D eigenvalue weighted by atomic mass is 35.7. The van der Waals surface area contributed by atoms with E-state index in [9.17, 15) is 26.4 Å². The van der Waals surface area contributed by atoms with Gasteiger partial charge in [0.2, 0.25) is 5.92 Å². The molecule has 0 spiro atoms. The largest absolute Gasteiger partial charge is 0.492 e. The van der Waals surface area contributed by atoms with Crippen LogP contribution in [0, 0.1) is 12.7 Å². The van der Waals surface area contributed by atoms with Crippen LogP contribution in [-0.2, 0) is 13.8 Å². The lowest BCUT2D eigenvalue weighted by Gasteiger charge is -2.37. The summed E-state index contributed by atoms with van der Waals surface area (Å²) in [5, 5.41) is 0. The quantitative estimate of drug-likeness (QED) is 0.273. The first kappa shape index (κ1) is 28.6. The van der Waals surface area contributed by atoms with Crippen LogP contribution in [0.1, 0.15) is 71.3 Å². The molecular weight excluding hydrogens is 495 g/mol. The molecule has 0 aliphatic heterocycles. The number of nitrogens with zero attached hydrogens (tertiary/aromatic N) is 1. The first-order valence-corrected chi connectivity index (χ1v) is 13.6. The predicted molar refractivity (Wildman–Crippen MR) is 124 cm³/mol. The third-order valence-electron chi connectivity index (χ3n) is 5.45. The molecule has 6 nitrogen and oxygen atoms in total. The van der Waals surface area contributed by atoms with E-state index in [1.807, 2.05) is 0 Å². The molecular formula is C23H33ClF3NO5S. The maximum atomic E-state index is 14.1. The van der Waals surface area contributed by atoms with Crippen molar-refractivity contribution in [3.05, 3.63) is 23.5 Å². The lowest BCUT2D eigenvalue weighted by molar-refractivity contribution is -0.0571. The molecule has 0 bridgehead atoms. The number of rotatable bonds is 9. The topological polar surface area (TPSA) is 72.9 Å². The molecule has 0 radical (unpaired) electrons. The zero-order valence-corrected chi connectivity index (χ0v) is 21.6. The van der Waals surface area contributed by atoms with E-state index in [1.165, 1.54) is 11.0 Å². The molecule has 0 N–H and O–H groups in total. The van der Waals surface area contributed by atoms with Gasteiger partial charge in [0.05, 0.1) is 6.61 Å². The second-order valence-corrected chi connectivity index (χ2v) is 12.2. The Hall–Kier alpha value is -1.68. The number of carbonyl (C=O) groups is 1. The summed E-state index contributed by atoms with van der Waals surface area (Å²) in [6.45, 7) is 7.31. The predicted octanol–water partition coefficient (Wildman–Crippen LogP) is 6.43. The fourth-order valence-electron chi connectivity index (χ4n) is 3.86. The van der Waals surface area contributed by atoms with Gasteiger partial charge in [-0.25, -0.2) is 26.4 Å². The molecule has 1 aromatic rings. The molecule has 1 fully saturated rings. The Kier molecular flexibility index (Phi) is 9.55. The van der Waals surface area contributed by atoms with Gasteiger partial charge in [0.25, 0.3) is 9.05 Å². The fourth-order valence-corrected chi connectivity index (χ4v) is 4.96. The van der Waals surface area contributed by atoms with Gasteiger partial charge >= 0.3 is 6.09 Å². The van der Waals surface area contributed by atoms with Crippen LogP contribution >= 0.6 is 10.7 Å². The Labute approximate surface area is 204 Å². The molecule has 0 aromatic heterocycles. The van der Waals surface area contributed by atoms with Crippen LogP contribution < -0.4 is 4.74 Å². The molecule has 34 heavy (non-hydrogen) atoms. The SMILES string of the molecule is Cc1cc(F)c(S(=O)(=O)Cl)c(OCCCCCN(C(=O)OC(C)(C)C)C2CCC(F)(F)CC2)c1. The minimum absolute atomic E-state index is 0.115. The molecule has 2 rings (SSSR count). The number of carbonyl (C=O) groups excluding carboxylic acids is 1. The first-order valence-electron chi connectivity index (χ1n) is 11.3. The van der Waals surface area contributed by atoms with Crippen LogP contribution in [0.25, 0.3) is 0 Å². The highest BCUT2D eigenvalue weighted by Gasteiger charge is 2.39. The van der Waals surface area contributed by atoms with E-state index in [1.54, 1.807) is 27.7 Å². The van der Waals surface area contributed by atoms with Crippen LogP contribution in [0.3, 0.4) is 0 Å². The number of alkyl halides is 2. The molecule has 1 aliphatic rings. The summed E-state index contributed by atoms with van der Waals surface area (Å²) in [6, 6.07) is 2.16. The average molecular weight is 528 g/mol. The number of hydrogen-bond acceptors (Lipinski definition) is 5. The number of amides is 1. The summed E-state index contributed by atoms with van der Waals surface area (Å²) < 4.78 is 75.6. The maximum Gasteiger partial charge on any atom is 0.410 e. The van der Waals surface area contributed by atoms with Crippen molar-refractivity contribution in [3.8, 4) is 5.75 Å². The standard InChI is InChI=1S/C23H33ClF3NO5S/c1-16-14-18(25)20(34(24,30)31)19(15-16)32-13-7-5-6-12-28(21(29)33-22(2,3)4)17-8-10-23(26,27)11-9-17/h14-15,17H,5-13H2,1-4H3. The van der Waals surface area contributed by atoms with Crippen molar-refractivity contribution in [1.29, 1.82) is 0 Å². The van der Waals surface area contributed by atoms with Crippen molar-refractivity contribution in [1.82, 2.24) is 4.90 Å². The van der Waals surface area contributed by atoms with E-state index in [0.717, 1.165) is 6.07 Å². The second-order valence-electron chi connectivity index (χ2n) is 9.68. The van der Waals surface area contributed by atoms with Crippen molar-refractivity contribution in [2.45, 2.75) is 95.1 Å². The number of aryl methyl sites for hydroxylation is 1. The third kappa shape index (κ3) is 8.83. The maximum absolute atomic E-state index is 14.1. The zero-order chi connectivity index (χ0) is 25.7. The van der Waals surface area contributed by atoms with Gasteiger partial charge in [0.15, 0.2) is 4.90 Å². The first-order chi connectivity index (χ1) is 15.6. The van der Waals surface area contributed by atoms with Gasteiger partial charge in [-0.1, -0.05) is 0 Å². The van der Waals surface area contributed by atoms with E-state index in [0.29, 0.717) is 31.4 Å². The Morgan fingerprint density at radius 1 is 1.18 bits per heavy atom. The minimum Gasteiger partial charge on any atom is -0.492 e. The molecule has 0 atom stereocenters. The molecule has 0 heterocycles. The van der Waals surface area contributed by atoms with E-state index in [2.05, 4.69) is 0 Å². The third-order valence-corrected chi connectivity index (χ3v) is 6.80. The lowest BCUT2D eigenvalue weighted by atomic mass is 9.91. The summed E-state index contributed by atoms with van der Waals surface area (Å²) in [4.78, 5) is 13.6. The lowest BCUT2D eigenvalue weighted by Crippen LogP contribution is -2.46. The Bertz CT molecular complexity index is 956. The number of hydrogen-bond donors (Lipinski definition) is 0. The summed E-state index contributed by atoms with van der Waals surface area (Å²) in [5.74, 6) is -3.82. The van der Waals surface area contributed by atoms with E-state index < -0.39 is 37.4 Å². The van der Waals surface area contributed by atoms with Gasteiger partial charge in [0, 0.05) is 36.1 Å². The van der Waals surface area contributed by atoms with Crippen LogP contribution in [0.4, 0.5) is 18.0 Å². The fraction of sp³-hybridized carbons (Fsp3) is 0.696. The Morgan fingerprint density at radius 3 is 2.35 bits per heavy atom. The van der Waals surface area contributed by atoms with E-state index in [-0.39, 0.29) is 44.1 Å². The molecule has 1 saturated carbocycles. The zero-order valence-electron chi connectivity index (χ0n) is 20.0. The summed E-state index contributed by atoms with van der Waals surface area (Å²) in [7, 11) is 1.02. The normalized spacial score (nSPS) is 16.8. The van der Waals surface area contributed by atoms with Crippen molar-refractivity contribution >= 4 is 25.8 Å². The number of benzene rings is 1. The monoisotopic (exact) mass is 527 g/mol. The number of unbranched alkanes of at least 4 members (excludes halogenated alkanes) is 2. The number of halogens is 4. The smallest absolute Gasteiger partial charge is 0.410 e. The molecule has 1 aromatic carbocycles. The van der Waals surface area contributed by atoms with Gasteiger partial charge in [-0.3, -0.25) is 0 Å². The second kappa shape index (κ2) is 11.4. The average Bonchev–Trinajstić information content (AvgIpc) is 2.65. The van der Waals surface area contributed by atoms with Crippen molar-refractivity contribution in [3.63, 3.8) is 0 Å². The van der Waals surface area contributed by atoms with Crippen molar-refractivity contribution in [2.24, 2.45) is 0 Å². The summed E-state index contributed by atoms with van der Waals surface area (Å²) >= 11 is 0. The van der Waals surface area contributed by atoms with Crippen LogP contribution in [0.2, 0.25) is 0 Å². The molecule has 11 heteroatoms. The van der Waals surface area contributed by atoms with Crippen molar-refractivity contribution in [2.75, 3.05) is 13.2 Å². The Balaban J connectivity index is 1.92. The van der Waals surface area contributed by atoms with Crippen molar-refractivity contribution < 1.29 is 35.9 Å². The van der Waals surface area contributed by atoms with E-state index in [4.69, 9.17) is 20.2 Å². The highest BCUT2D eigenvalue weighted by Crippen LogP contribution is 2.36. The molecule has 194 valence electrons. The van der Waals surface area contributed by atoms with Gasteiger partial charge in [-0.15, -0.1) is 0 Å². The van der Waals surface area contributed by atoms with Gasteiger partial charge < -0.3 is 14.4 Å². The molecule has 0 saturated heterocycles. The van der Waals surface area contributed by atoms with Gasteiger partial charge in [-0.2, -0.15) is 0 Å². The van der Waals surface area contributed by atoms with Crippen LogP contribution in [0.15, 0.2) is 17.0 Å². The van der Waals surface area contributed by atoms with E-state index >= 15 is 0 Å². The summed E-state index contributed by atoms with van der Waals surface area (Å²) in [5.41, 5.74) is -0.215. The molecule has 1 aliphatic carbocycles. The minimum atomic E-state index is -4.32. The number of ether oxygens (including phenoxy) is 2. The Morgan fingerprint density at radius 2 is 1.79 bits per heavy atom. The summed E-state index contributed by atoms with van der Waals surface area (Å²) in [6.07, 6.45) is 1.06.